The summed E-state index contributed by atoms with van der Waals surface area (Å²) in [6.45, 7) is 10.4. The van der Waals surface area contributed by atoms with Gasteiger partial charge in [-0.15, -0.1) is 0 Å². The number of carbonyl (C=O) groups is 1. The minimum absolute atomic E-state index is 0.0924. The summed E-state index contributed by atoms with van der Waals surface area (Å²) in [5.41, 5.74) is 6.30. The van der Waals surface area contributed by atoms with Crippen molar-refractivity contribution in [2.75, 3.05) is 17.2 Å². The van der Waals surface area contributed by atoms with Crippen molar-refractivity contribution in [3.8, 4) is 0 Å². The third-order valence-electron chi connectivity index (χ3n) is 2.87. The molecule has 0 aliphatic carbocycles. The number of aryl methyl sites for hydroxylation is 1. The second kappa shape index (κ2) is 6.36. The molecule has 4 N–H and O–H groups in total. The van der Waals surface area contributed by atoms with Gasteiger partial charge >= 0.3 is 0 Å². The van der Waals surface area contributed by atoms with Crippen LogP contribution in [0.1, 0.15) is 32.2 Å². The van der Waals surface area contributed by atoms with E-state index in [0.29, 0.717) is 11.6 Å². The normalized spacial score (nSPS) is 12.3. The Hall–Kier alpha value is -1.85. The molecule has 0 saturated heterocycles. The van der Waals surface area contributed by atoms with E-state index in [2.05, 4.69) is 20.6 Å². The van der Waals surface area contributed by atoms with Crippen LogP contribution in [-0.4, -0.2) is 28.5 Å². The molecule has 1 heterocycles. The van der Waals surface area contributed by atoms with Crippen molar-refractivity contribution in [3.63, 3.8) is 0 Å². The van der Waals surface area contributed by atoms with Crippen LogP contribution in [0.5, 0.6) is 0 Å². The molecule has 6 heteroatoms. The van der Waals surface area contributed by atoms with Crippen molar-refractivity contribution in [2.45, 2.75) is 40.7 Å². The van der Waals surface area contributed by atoms with Gasteiger partial charge in [0.1, 0.15) is 23.5 Å². The first-order valence-electron chi connectivity index (χ1n) is 6.51. The fraction of sp³-hybridized carbons (Fsp3) is 0.615. The van der Waals surface area contributed by atoms with Crippen molar-refractivity contribution in [1.29, 1.82) is 0 Å². The Kier molecular flexibility index (Phi) is 5.09. The zero-order valence-corrected chi connectivity index (χ0v) is 12.2. The van der Waals surface area contributed by atoms with E-state index in [0.717, 1.165) is 17.9 Å². The van der Waals surface area contributed by atoms with Crippen molar-refractivity contribution >= 4 is 17.5 Å². The molecule has 1 unspecified atom stereocenters. The third-order valence-corrected chi connectivity index (χ3v) is 2.87. The van der Waals surface area contributed by atoms with Gasteiger partial charge in [-0.1, -0.05) is 13.8 Å². The summed E-state index contributed by atoms with van der Waals surface area (Å²) in [5, 5.41) is 6.30. The Morgan fingerprint density at radius 3 is 2.32 bits per heavy atom. The summed E-state index contributed by atoms with van der Waals surface area (Å²) in [5.74, 6) is 1.80. The smallest absolute Gasteiger partial charge is 0.240 e. The highest BCUT2D eigenvalue weighted by Crippen LogP contribution is 2.21. The summed E-state index contributed by atoms with van der Waals surface area (Å²) in [6, 6.07) is -0.442. The zero-order chi connectivity index (χ0) is 14.6. The fourth-order valence-electron chi connectivity index (χ4n) is 1.82. The molecule has 19 heavy (non-hydrogen) atoms. The zero-order valence-electron chi connectivity index (χ0n) is 12.2. The van der Waals surface area contributed by atoms with Crippen LogP contribution in [0.2, 0.25) is 0 Å². The van der Waals surface area contributed by atoms with Crippen molar-refractivity contribution in [2.24, 2.45) is 11.7 Å². The minimum Gasteiger partial charge on any atom is -0.370 e. The summed E-state index contributed by atoms with van der Waals surface area (Å²) >= 11 is 0. The van der Waals surface area contributed by atoms with Crippen LogP contribution in [0, 0.1) is 19.8 Å². The molecule has 106 valence electrons. The predicted octanol–water partition coefficient (Wildman–Crippen LogP) is 1.45. The quantitative estimate of drug-likeness (QED) is 0.724. The number of aromatic nitrogens is 2. The number of primary amides is 1. The van der Waals surface area contributed by atoms with E-state index in [1.54, 1.807) is 0 Å². The van der Waals surface area contributed by atoms with E-state index >= 15 is 0 Å². The van der Waals surface area contributed by atoms with Gasteiger partial charge in [0.2, 0.25) is 5.91 Å². The summed E-state index contributed by atoms with van der Waals surface area (Å²) in [7, 11) is 0. The topological polar surface area (TPSA) is 92.9 Å². The molecule has 0 spiro atoms. The molecule has 0 aliphatic rings. The van der Waals surface area contributed by atoms with Gasteiger partial charge in [0.25, 0.3) is 0 Å². The van der Waals surface area contributed by atoms with Crippen LogP contribution in [0.4, 0.5) is 11.6 Å². The Morgan fingerprint density at radius 2 is 1.84 bits per heavy atom. The van der Waals surface area contributed by atoms with Crippen molar-refractivity contribution < 1.29 is 4.79 Å². The molecular formula is C13H23N5O. The van der Waals surface area contributed by atoms with E-state index in [9.17, 15) is 4.79 Å². The molecule has 1 atom stereocenters. The highest BCUT2D eigenvalue weighted by molar-refractivity contribution is 5.83. The fourth-order valence-corrected chi connectivity index (χ4v) is 1.82. The van der Waals surface area contributed by atoms with E-state index in [-0.39, 0.29) is 11.8 Å². The Balaban J connectivity index is 3.09. The SMILES string of the molecule is CCNc1nc(C)nc(NC(C(N)=O)C(C)C)c1C. The number of carbonyl (C=O) groups excluding carboxylic acids is 1. The second-order valence-electron chi connectivity index (χ2n) is 4.89. The first-order chi connectivity index (χ1) is 8.86. The lowest BCUT2D eigenvalue weighted by molar-refractivity contribution is -0.119. The predicted molar refractivity (Wildman–Crippen MR) is 77.1 cm³/mol. The Bertz CT molecular complexity index is 459. The van der Waals surface area contributed by atoms with Gasteiger partial charge in [-0.2, -0.15) is 0 Å². The highest BCUT2D eigenvalue weighted by atomic mass is 16.1. The van der Waals surface area contributed by atoms with Crippen LogP contribution < -0.4 is 16.4 Å². The van der Waals surface area contributed by atoms with Crippen LogP contribution in [0.25, 0.3) is 0 Å². The molecule has 1 amide bonds. The third kappa shape index (κ3) is 3.81. The van der Waals surface area contributed by atoms with Gasteiger partial charge in [0, 0.05) is 12.1 Å². The lowest BCUT2D eigenvalue weighted by Gasteiger charge is -2.21. The molecular weight excluding hydrogens is 242 g/mol. The lowest BCUT2D eigenvalue weighted by atomic mass is 10.0. The van der Waals surface area contributed by atoms with Gasteiger partial charge in [0.15, 0.2) is 0 Å². The second-order valence-corrected chi connectivity index (χ2v) is 4.89. The molecule has 6 nitrogen and oxygen atoms in total. The summed E-state index contributed by atoms with van der Waals surface area (Å²) in [6.07, 6.45) is 0. The maximum atomic E-state index is 11.5. The maximum absolute atomic E-state index is 11.5. The molecule has 1 rings (SSSR count). The average molecular weight is 265 g/mol. The summed E-state index contributed by atoms with van der Waals surface area (Å²) in [4.78, 5) is 20.1. The number of nitrogens with zero attached hydrogens (tertiary/aromatic N) is 2. The Labute approximate surface area is 114 Å². The van der Waals surface area contributed by atoms with Gasteiger partial charge < -0.3 is 16.4 Å². The minimum atomic E-state index is -0.442. The molecule has 0 saturated carbocycles. The first-order valence-corrected chi connectivity index (χ1v) is 6.51. The number of anilines is 2. The van der Waals surface area contributed by atoms with Crippen LogP contribution in [-0.2, 0) is 4.79 Å². The number of rotatable bonds is 6. The maximum Gasteiger partial charge on any atom is 0.240 e. The molecule has 0 radical (unpaired) electrons. The molecule has 1 aromatic heterocycles. The van der Waals surface area contributed by atoms with Crippen molar-refractivity contribution in [1.82, 2.24) is 9.97 Å². The monoisotopic (exact) mass is 265 g/mol. The van der Waals surface area contributed by atoms with E-state index < -0.39 is 6.04 Å². The van der Waals surface area contributed by atoms with E-state index in [4.69, 9.17) is 5.73 Å². The number of amides is 1. The first kappa shape index (κ1) is 15.2. The van der Waals surface area contributed by atoms with Crippen LogP contribution in [0.3, 0.4) is 0 Å². The average Bonchev–Trinajstić information content (AvgIpc) is 2.30. The molecule has 0 fully saturated rings. The summed E-state index contributed by atoms with van der Waals surface area (Å²) < 4.78 is 0. The van der Waals surface area contributed by atoms with Gasteiger partial charge in [-0.05, 0) is 26.7 Å². The number of nitrogens with two attached hydrogens (primary N) is 1. The molecule has 0 aromatic carbocycles. The highest BCUT2D eigenvalue weighted by Gasteiger charge is 2.21. The largest absolute Gasteiger partial charge is 0.370 e. The number of hydrogen-bond acceptors (Lipinski definition) is 5. The number of nitrogens with one attached hydrogen (secondary N) is 2. The Morgan fingerprint density at radius 1 is 1.26 bits per heavy atom. The molecule has 1 aromatic rings. The molecule has 0 bridgehead atoms. The van der Waals surface area contributed by atoms with E-state index in [1.165, 1.54) is 0 Å². The van der Waals surface area contributed by atoms with Gasteiger partial charge in [-0.3, -0.25) is 4.79 Å². The molecule has 0 aliphatic heterocycles. The standard InChI is InChI=1S/C13H23N5O/c1-6-15-12-8(4)13(17-9(5)16-12)18-10(7(2)3)11(14)19/h7,10H,6H2,1-5H3,(H2,14,19)(H2,15,16,17,18). The van der Waals surface area contributed by atoms with Crippen LogP contribution in [0.15, 0.2) is 0 Å². The lowest BCUT2D eigenvalue weighted by Crippen LogP contribution is -2.40. The van der Waals surface area contributed by atoms with Gasteiger partial charge in [-0.25, -0.2) is 9.97 Å². The van der Waals surface area contributed by atoms with Crippen molar-refractivity contribution in [3.05, 3.63) is 11.4 Å². The van der Waals surface area contributed by atoms with E-state index in [1.807, 2.05) is 34.6 Å². The number of hydrogen-bond donors (Lipinski definition) is 3. The van der Waals surface area contributed by atoms with Crippen LogP contribution >= 0.6 is 0 Å². The van der Waals surface area contributed by atoms with Gasteiger partial charge in [0.05, 0.1) is 0 Å².